The van der Waals surface area contributed by atoms with Gasteiger partial charge in [-0.15, -0.1) is 0 Å². The molecule has 0 amide bonds. The molecule has 3 heteroatoms. The van der Waals surface area contributed by atoms with Gasteiger partial charge in [0.05, 0.1) is 12.3 Å². The topological polar surface area (TPSA) is 38.5 Å². The van der Waals surface area contributed by atoms with E-state index < -0.39 is 0 Å². The van der Waals surface area contributed by atoms with Crippen molar-refractivity contribution in [1.82, 2.24) is 0 Å². The Hall–Kier alpha value is -1.22. The number of unbranched alkanes of at least 4 members (excludes halogenated alkanes) is 1. The number of hydroxylamine groups is 1. The van der Waals surface area contributed by atoms with Crippen LogP contribution in [0.5, 0.6) is 0 Å². The van der Waals surface area contributed by atoms with Gasteiger partial charge in [-0.3, -0.25) is 9.90 Å². The fourth-order valence-corrected chi connectivity index (χ4v) is 1.84. The highest BCUT2D eigenvalue weighted by Gasteiger charge is 2.19. The van der Waals surface area contributed by atoms with Crippen LogP contribution in [0.4, 0.5) is 11.4 Å². The molecule has 1 aliphatic heterocycles. The average molecular weight is 206 g/mol. The molecule has 0 radical (unpaired) electrons. The van der Waals surface area contributed by atoms with Crippen molar-refractivity contribution in [3.8, 4) is 0 Å². The second kappa shape index (κ2) is 4.53. The zero-order valence-corrected chi connectivity index (χ0v) is 9.20. The van der Waals surface area contributed by atoms with Crippen molar-refractivity contribution < 1.29 is 4.84 Å². The van der Waals surface area contributed by atoms with Gasteiger partial charge in [-0.2, -0.15) is 0 Å². The van der Waals surface area contributed by atoms with Crippen molar-refractivity contribution in [2.24, 2.45) is 0 Å². The first-order valence-electron chi connectivity index (χ1n) is 5.60. The molecule has 0 bridgehead atoms. The lowest BCUT2D eigenvalue weighted by atomic mass is 10.1. The van der Waals surface area contributed by atoms with Gasteiger partial charge in [-0.25, -0.2) is 0 Å². The van der Waals surface area contributed by atoms with Crippen LogP contribution in [0.1, 0.15) is 25.3 Å². The summed E-state index contributed by atoms with van der Waals surface area (Å²) in [4.78, 5) is 5.70. The molecule has 0 saturated carbocycles. The van der Waals surface area contributed by atoms with E-state index in [2.05, 4.69) is 6.92 Å². The highest BCUT2D eigenvalue weighted by atomic mass is 16.7. The Morgan fingerprint density at radius 3 is 3.13 bits per heavy atom. The van der Waals surface area contributed by atoms with Gasteiger partial charge in [-0.05, 0) is 36.6 Å². The average Bonchev–Trinajstić information content (AvgIpc) is 2.61. The first-order valence-corrected chi connectivity index (χ1v) is 5.60. The Morgan fingerprint density at radius 2 is 2.33 bits per heavy atom. The molecule has 0 saturated heterocycles. The summed E-state index contributed by atoms with van der Waals surface area (Å²) in [5, 5.41) is 1.99. The van der Waals surface area contributed by atoms with Crippen molar-refractivity contribution >= 4 is 11.4 Å². The number of benzene rings is 1. The summed E-state index contributed by atoms with van der Waals surface area (Å²) >= 11 is 0. The molecular weight excluding hydrogens is 188 g/mol. The highest BCUT2D eigenvalue weighted by Crippen LogP contribution is 2.29. The molecule has 0 unspecified atom stereocenters. The predicted molar refractivity (Wildman–Crippen MR) is 62.8 cm³/mol. The minimum Gasteiger partial charge on any atom is -0.399 e. The third-order valence-corrected chi connectivity index (χ3v) is 2.70. The number of rotatable bonds is 4. The second-order valence-electron chi connectivity index (χ2n) is 3.93. The van der Waals surface area contributed by atoms with Gasteiger partial charge in [0.1, 0.15) is 0 Å². The molecule has 1 aromatic rings. The fraction of sp³-hybridized carbons (Fsp3) is 0.500. The lowest BCUT2D eigenvalue weighted by Crippen LogP contribution is -2.21. The number of hydrogen-bond donors (Lipinski definition) is 1. The van der Waals surface area contributed by atoms with E-state index in [4.69, 9.17) is 10.6 Å². The van der Waals surface area contributed by atoms with Crippen LogP contribution in [0.2, 0.25) is 0 Å². The van der Waals surface area contributed by atoms with Gasteiger partial charge in [0.25, 0.3) is 0 Å². The van der Waals surface area contributed by atoms with E-state index in [-0.39, 0.29) is 0 Å². The lowest BCUT2D eigenvalue weighted by Gasteiger charge is -2.18. The SMILES string of the molecule is CCCCON1CCc2cc(N)ccc21. The van der Waals surface area contributed by atoms with Crippen LogP contribution < -0.4 is 10.8 Å². The zero-order valence-electron chi connectivity index (χ0n) is 9.20. The van der Waals surface area contributed by atoms with Gasteiger partial charge in [0.2, 0.25) is 0 Å². The smallest absolute Gasteiger partial charge is 0.0748 e. The molecule has 0 fully saturated rings. The van der Waals surface area contributed by atoms with Crippen molar-refractivity contribution in [2.75, 3.05) is 23.9 Å². The van der Waals surface area contributed by atoms with Crippen molar-refractivity contribution in [1.29, 1.82) is 0 Å². The summed E-state index contributed by atoms with van der Waals surface area (Å²) in [6.07, 6.45) is 3.32. The molecule has 0 spiro atoms. The Morgan fingerprint density at radius 1 is 1.47 bits per heavy atom. The van der Waals surface area contributed by atoms with Crippen LogP contribution in [0.3, 0.4) is 0 Å². The second-order valence-corrected chi connectivity index (χ2v) is 3.93. The number of anilines is 2. The zero-order chi connectivity index (χ0) is 10.7. The van der Waals surface area contributed by atoms with Crippen LogP contribution in [0.25, 0.3) is 0 Å². The monoisotopic (exact) mass is 206 g/mol. The standard InChI is InChI=1S/C12H18N2O/c1-2-3-8-15-14-7-6-10-9-11(13)4-5-12(10)14/h4-5,9H,2-3,6-8,13H2,1H3. The van der Waals surface area contributed by atoms with Crippen LogP contribution in [-0.2, 0) is 11.3 Å². The van der Waals surface area contributed by atoms with Crippen LogP contribution in [-0.4, -0.2) is 13.2 Å². The molecule has 2 N–H and O–H groups in total. The minimum atomic E-state index is 0.806. The number of hydrogen-bond acceptors (Lipinski definition) is 3. The van der Waals surface area contributed by atoms with Crippen molar-refractivity contribution in [3.63, 3.8) is 0 Å². The normalized spacial score (nSPS) is 14.3. The van der Waals surface area contributed by atoms with Gasteiger partial charge in [0.15, 0.2) is 0 Å². The Kier molecular flexibility index (Phi) is 3.11. The predicted octanol–water partition coefficient (Wildman–Crippen LogP) is 2.36. The molecule has 0 aromatic heterocycles. The molecule has 0 atom stereocenters. The first-order chi connectivity index (χ1) is 7.31. The van der Waals surface area contributed by atoms with Crippen LogP contribution in [0, 0.1) is 0 Å². The van der Waals surface area contributed by atoms with E-state index in [1.165, 1.54) is 17.7 Å². The van der Waals surface area contributed by atoms with E-state index in [9.17, 15) is 0 Å². The lowest BCUT2D eigenvalue weighted by molar-refractivity contribution is 0.110. The molecule has 2 rings (SSSR count). The summed E-state index contributed by atoms with van der Waals surface area (Å²) in [5.74, 6) is 0. The molecule has 3 nitrogen and oxygen atoms in total. The van der Waals surface area contributed by atoms with Crippen molar-refractivity contribution in [2.45, 2.75) is 26.2 Å². The van der Waals surface area contributed by atoms with Gasteiger partial charge < -0.3 is 5.73 Å². The first kappa shape index (κ1) is 10.3. The van der Waals surface area contributed by atoms with Crippen molar-refractivity contribution in [3.05, 3.63) is 23.8 Å². The molecular formula is C12H18N2O. The Bertz CT molecular complexity index is 338. The summed E-state index contributed by atoms with van der Waals surface area (Å²) in [5.41, 5.74) is 9.05. The Balaban J connectivity index is 2.02. The van der Waals surface area contributed by atoms with Crippen LogP contribution in [0.15, 0.2) is 18.2 Å². The maximum atomic E-state index is 5.74. The molecule has 82 valence electrons. The Labute approximate surface area is 90.8 Å². The summed E-state index contributed by atoms with van der Waals surface area (Å²) < 4.78 is 0. The third-order valence-electron chi connectivity index (χ3n) is 2.70. The van der Waals surface area contributed by atoms with E-state index in [1.807, 2.05) is 23.3 Å². The van der Waals surface area contributed by atoms with Crippen LogP contribution >= 0.6 is 0 Å². The fourth-order valence-electron chi connectivity index (χ4n) is 1.84. The summed E-state index contributed by atoms with van der Waals surface area (Å²) in [7, 11) is 0. The maximum absolute atomic E-state index is 5.74. The minimum absolute atomic E-state index is 0.806. The van der Waals surface area contributed by atoms with Gasteiger partial charge in [-0.1, -0.05) is 13.3 Å². The quantitative estimate of drug-likeness (QED) is 0.607. The van der Waals surface area contributed by atoms with E-state index in [1.54, 1.807) is 0 Å². The van der Waals surface area contributed by atoms with E-state index >= 15 is 0 Å². The molecule has 1 aromatic carbocycles. The number of nitrogens with zero attached hydrogens (tertiary/aromatic N) is 1. The van der Waals surface area contributed by atoms with Gasteiger partial charge in [0, 0.05) is 12.2 Å². The molecule has 0 aliphatic carbocycles. The van der Waals surface area contributed by atoms with E-state index in [0.717, 1.165) is 31.7 Å². The van der Waals surface area contributed by atoms with Gasteiger partial charge >= 0.3 is 0 Å². The number of nitrogens with two attached hydrogens (primary N) is 1. The molecule has 1 aliphatic rings. The maximum Gasteiger partial charge on any atom is 0.0748 e. The summed E-state index contributed by atoms with van der Waals surface area (Å²) in [6.45, 7) is 3.92. The summed E-state index contributed by atoms with van der Waals surface area (Å²) in [6, 6.07) is 6.02. The molecule has 1 heterocycles. The van der Waals surface area contributed by atoms with E-state index in [0.29, 0.717) is 0 Å². The number of nitrogen functional groups attached to an aromatic ring is 1. The largest absolute Gasteiger partial charge is 0.399 e. The number of fused-ring (bicyclic) bond motifs is 1. The third kappa shape index (κ3) is 2.23. The molecule has 15 heavy (non-hydrogen) atoms. The highest BCUT2D eigenvalue weighted by molar-refractivity contribution is 5.61.